The second-order valence-corrected chi connectivity index (χ2v) is 6.98. The van der Waals surface area contributed by atoms with Crippen molar-refractivity contribution >= 4 is 12.0 Å². The van der Waals surface area contributed by atoms with Gasteiger partial charge in [0.25, 0.3) is 0 Å². The van der Waals surface area contributed by atoms with Gasteiger partial charge in [0.2, 0.25) is 5.91 Å². The van der Waals surface area contributed by atoms with Crippen molar-refractivity contribution in [3.8, 4) is 0 Å². The molecule has 0 heterocycles. The van der Waals surface area contributed by atoms with Gasteiger partial charge >= 0.3 is 6.09 Å². The van der Waals surface area contributed by atoms with E-state index in [0.29, 0.717) is 25.3 Å². The second kappa shape index (κ2) is 9.64. The van der Waals surface area contributed by atoms with Crippen LogP contribution in [0, 0.1) is 11.3 Å². The largest absolute Gasteiger partial charge is 0.453 e. The van der Waals surface area contributed by atoms with E-state index in [4.69, 9.17) is 0 Å². The third-order valence-corrected chi connectivity index (χ3v) is 3.45. The van der Waals surface area contributed by atoms with E-state index >= 15 is 0 Å². The Morgan fingerprint density at radius 1 is 1.14 bits per heavy atom. The lowest BCUT2D eigenvalue weighted by Gasteiger charge is -2.32. The Balaban J connectivity index is 4.13. The minimum atomic E-state index is -0.458. The van der Waals surface area contributed by atoms with Gasteiger partial charge in [-0.3, -0.25) is 4.79 Å². The van der Waals surface area contributed by atoms with E-state index in [2.05, 4.69) is 50.0 Å². The van der Waals surface area contributed by atoms with Crippen molar-refractivity contribution in [2.24, 2.45) is 11.3 Å². The van der Waals surface area contributed by atoms with Gasteiger partial charge in [0, 0.05) is 19.0 Å². The third-order valence-electron chi connectivity index (χ3n) is 3.45. The number of carbonyl (C=O) groups excluding carboxylic acids is 2. The van der Waals surface area contributed by atoms with Gasteiger partial charge in [-0.05, 0) is 30.6 Å². The lowest BCUT2D eigenvalue weighted by atomic mass is 9.82. The number of rotatable bonds is 8. The van der Waals surface area contributed by atoms with Crippen LogP contribution in [0.3, 0.4) is 0 Å². The topological polar surface area (TPSA) is 67.4 Å². The zero-order chi connectivity index (χ0) is 16.5. The molecule has 2 amide bonds. The van der Waals surface area contributed by atoms with E-state index in [1.54, 1.807) is 0 Å². The summed E-state index contributed by atoms with van der Waals surface area (Å²) in [5, 5.41) is 5.70. The van der Waals surface area contributed by atoms with Crippen LogP contribution in [-0.4, -0.2) is 31.7 Å². The molecule has 0 fully saturated rings. The molecule has 0 aliphatic heterocycles. The molecule has 21 heavy (non-hydrogen) atoms. The van der Waals surface area contributed by atoms with Crippen molar-refractivity contribution in [3.05, 3.63) is 0 Å². The molecule has 0 rings (SSSR count). The monoisotopic (exact) mass is 300 g/mol. The number of ether oxygens (including phenoxy) is 1. The van der Waals surface area contributed by atoms with Crippen LogP contribution in [0.2, 0.25) is 0 Å². The minimum absolute atomic E-state index is 0.0466. The summed E-state index contributed by atoms with van der Waals surface area (Å²) in [4.78, 5) is 22.9. The van der Waals surface area contributed by atoms with Gasteiger partial charge in [0.15, 0.2) is 0 Å². The Labute approximate surface area is 129 Å². The molecule has 0 spiro atoms. The molecule has 0 aliphatic carbocycles. The molecule has 1 unspecified atom stereocenters. The van der Waals surface area contributed by atoms with E-state index in [0.717, 1.165) is 12.8 Å². The molecule has 0 radical (unpaired) electrons. The average molecular weight is 300 g/mol. The van der Waals surface area contributed by atoms with E-state index in [-0.39, 0.29) is 17.4 Å². The normalized spacial score (nSPS) is 12.9. The predicted octanol–water partition coefficient (Wildman–Crippen LogP) is 3.09. The van der Waals surface area contributed by atoms with Crippen molar-refractivity contribution in [3.63, 3.8) is 0 Å². The van der Waals surface area contributed by atoms with Crippen LogP contribution in [0.25, 0.3) is 0 Å². The van der Waals surface area contributed by atoms with Crippen LogP contribution >= 0.6 is 0 Å². The maximum Gasteiger partial charge on any atom is 0.406 e. The molecule has 0 aromatic carbocycles. The Morgan fingerprint density at radius 2 is 1.76 bits per heavy atom. The zero-order valence-corrected chi connectivity index (χ0v) is 14.4. The molecule has 0 aliphatic rings. The summed E-state index contributed by atoms with van der Waals surface area (Å²) in [5.41, 5.74) is 0.0504. The van der Waals surface area contributed by atoms with Gasteiger partial charge in [-0.15, -0.1) is 0 Å². The summed E-state index contributed by atoms with van der Waals surface area (Å²) in [6.45, 7) is 11.3. The van der Waals surface area contributed by atoms with Crippen molar-refractivity contribution in [2.75, 3.05) is 13.7 Å². The molecule has 5 heteroatoms. The summed E-state index contributed by atoms with van der Waals surface area (Å²) in [7, 11) is 1.32. The van der Waals surface area contributed by atoms with Crippen molar-refractivity contribution < 1.29 is 14.3 Å². The fourth-order valence-electron chi connectivity index (χ4n) is 2.00. The maximum absolute atomic E-state index is 12.0. The molecular formula is C16H32N2O3. The second-order valence-electron chi connectivity index (χ2n) is 6.98. The van der Waals surface area contributed by atoms with Gasteiger partial charge in [-0.25, -0.2) is 4.79 Å². The number of hydrogen-bond donors (Lipinski definition) is 2. The van der Waals surface area contributed by atoms with Crippen molar-refractivity contribution in [1.29, 1.82) is 0 Å². The number of hydrogen-bond acceptors (Lipinski definition) is 3. The maximum atomic E-state index is 12.0. The molecule has 0 saturated heterocycles. The first-order valence-corrected chi connectivity index (χ1v) is 7.78. The number of methoxy groups -OCH3 is 1. The van der Waals surface area contributed by atoms with E-state index in [9.17, 15) is 9.59 Å². The fraction of sp³-hybridized carbons (Fsp3) is 0.875. The lowest BCUT2D eigenvalue weighted by Crippen LogP contribution is -2.44. The van der Waals surface area contributed by atoms with Crippen molar-refractivity contribution in [2.45, 2.75) is 66.3 Å². The predicted molar refractivity (Wildman–Crippen MR) is 85.1 cm³/mol. The summed E-state index contributed by atoms with van der Waals surface area (Å²) in [5.74, 6) is 0.682. The van der Waals surface area contributed by atoms with Gasteiger partial charge in [-0.1, -0.05) is 34.6 Å². The molecule has 5 nitrogen and oxygen atoms in total. The summed E-state index contributed by atoms with van der Waals surface area (Å²) < 4.78 is 4.47. The SMILES string of the molecule is COC(=O)NCCCC(=O)NC(CCC(C)C)C(C)(C)C. The van der Waals surface area contributed by atoms with E-state index in [1.807, 2.05) is 0 Å². The molecule has 1 atom stereocenters. The standard InChI is InChI=1S/C16H32N2O3/c1-12(2)9-10-13(16(3,4)5)18-14(19)8-7-11-17-15(20)21-6/h12-13H,7-11H2,1-6H3,(H,17,20)(H,18,19). The van der Waals surface area contributed by atoms with E-state index < -0.39 is 6.09 Å². The van der Waals surface area contributed by atoms with Crippen LogP contribution in [0.15, 0.2) is 0 Å². The van der Waals surface area contributed by atoms with Crippen LogP contribution in [-0.2, 0) is 9.53 Å². The summed E-state index contributed by atoms with van der Waals surface area (Å²) in [6, 6.07) is 0.181. The smallest absolute Gasteiger partial charge is 0.406 e. The third kappa shape index (κ3) is 10.2. The quantitative estimate of drug-likeness (QED) is 0.677. The highest BCUT2D eigenvalue weighted by Gasteiger charge is 2.25. The van der Waals surface area contributed by atoms with Crippen LogP contribution < -0.4 is 10.6 Å². The first kappa shape index (κ1) is 19.7. The molecule has 0 aromatic heterocycles. The highest BCUT2D eigenvalue weighted by Crippen LogP contribution is 2.24. The van der Waals surface area contributed by atoms with Gasteiger partial charge in [0.05, 0.1) is 7.11 Å². The lowest BCUT2D eigenvalue weighted by molar-refractivity contribution is -0.122. The average Bonchev–Trinajstić information content (AvgIpc) is 2.37. The number of amides is 2. The van der Waals surface area contributed by atoms with Gasteiger partial charge in [0.1, 0.15) is 0 Å². The first-order valence-electron chi connectivity index (χ1n) is 7.78. The fourth-order valence-corrected chi connectivity index (χ4v) is 2.00. The molecule has 0 aromatic rings. The van der Waals surface area contributed by atoms with Gasteiger partial charge in [-0.2, -0.15) is 0 Å². The molecule has 2 N–H and O–H groups in total. The number of nitrogens with one attached hydrogen (secondary N) is 2. The minimum Gasteiger partial charge on any atom is -0.453 e. The summed E-state index contributed by atoms with van der Waals surface area (Å²) in [6.07, 6.45) is 2.67. The molecule has 124 valence electrons. The molecule has 0 bridgehead atoms. The number of alkyl carbamates (subject to hydrolysis) is 1. The zero-order valence-electron chi connectivity index (χ0n) is 14.4. The van der Waals surface area contributed by atoms with Crippen LogP contribution in [0.5, 0.6) is 0 Å². The summed E-state index contributed by atoms with van der Waals surface area (Å²) >= 11 is 0. The van der Waals surface area contributed by atoms with Gasteiger partial charge < -0.3 is 15.4 Å². The van der Waals surface area contributed by atoms with E-state index in [1.165, 1.54) is 7.11 Å². The first-order chi connectivity index (χ1) is 9.66. The van der Waals surface area contributed by atoms with Crippen LogP contribution in [0.1, 0.15) is 60.3 Å². The molecular weight excluding hydrogens is 268 g/mol. The Bertz CT molecular complexity index is 322. The Hall–Kier alpha value is -1.26. The highest BCUT2D eigenvalue weighted by atomic mass is 16.5. The number of carbonyl (C=O) groups is 2. The van der Waals surface area contributed by atoms with Crippen molar-refractivity contribution in [1.82, 2.24) is 10.6 Å². The Morgan fingerprint density at radius 3 is 2.24 bits per heavy atom. The molecule has 0 saturated carbocycles. The Kier molecular flexibility index (Phi) is 9.06. The van der Waals surface area contributed by atoms with Crippen LogP contribution in [0.4, 0.5) is 4.79 Å². The highest BCUT2D eigenvalue weighted by molar-refractivity contribution is 5.76.